The van der Waals surface area contributed by atoms with E-state index in [4.69, 9.17) is 10.8 Å². The number of amides is 3. The fourth-order valence-electron chi connectivity index (χ4n) is 1.79. The molecule has 0 aromatic carbocycles. The van der Waals surface area contributed by atoms with Gasteiger partial charge in [0.1, 0.15) is 18.1 Å². The Balaban J connectivity index is 5.00. The van der Waals surface area contributed by atoms with Gasteiger partial charge in [-0.05, 0) is 13.8 Å². The number of carbonyl (C=O) groups is 4. The number of carboxylic acids is 1. The average molecular weight is 394 g/mol. The Kier molecular flexibility index (Phi) is 10.4. The van der Waals surface area contributed by atoms with Gasteiger partial charge >= 0.3 is 5.97 Å². The molecule has 0 aliphatic carbocycles. The van der Waals surface area contributed by atoms with Crippen LogP contribution in [0.5, 0.6) is 0 Å². The standard InChI is InChI=1S/C14H26N4O9/c1-5(21)9(15)13(25)17-7(3-19)11(23)16-8(4-20)12(24)18-10(6(2)22)14(26)27/h5-10,19-22H,3-4,15H2,1-2H3,(H,16,23)(H,17,25)(H,18,24)(H,26,27). The molecular weight excluding hydrogens is 368 g/mol. The summed E-state index contributed by atoms with van der Waals surface area (Å²) in [6.45, 7) is 0.554. The molecule has 0 aromatic heterocycles. The molecule has 0 aliphatic heterocycles. The molecular formula is C14H26N4O9. The summed E-state index contributed by atoms with van der Waals surface area (Å²) < 4.78 is 0. The van der Waals surface area contributed by atoms with Crippen LogP contribution in [0, 0.1) is 0 Å². The molecule has 0 heterocycles. The van der Waals surface area contributed by atoms with Gasteiger partial charge in [0.15, 0.2) is 6.04 Å². The minimum Gasteiger partial charge on any atom is -0.480 e. The van der Waals surface area contributed by atoms with Crippen molar-refractivity contribution in [3.05, 3.63) is 0 Å². The van der Waals surface area contributed by atoms with Crippen LogP contribution >= 0.6 is 0 Å². The van der Waals surface area contributed by atoms with Gasteiger partial charge < -0.3 is 47.2 Å². The van der Waals surface area contributed by atoms with Gasteiger partial charge in [-0.1, -0.05) is 0 Å². The number of aliphatic carboxylic acids is 1. The van der Waals surface area contributed by atoms with Crippen LogP contribution in [0.2, 0.25) is 0 Å². The summed E-state index contributed by atoms with van der Waals surface area (Å²) in [5.74, 6) is -4.65. The number of hydrogen-bond donors (Lipinski definition) is 9. The highest BCUT2D eigenvalue weighted by molar-refractivity contribution is 5.94. The summed E-state index contributed by atoms with van der Waals surface area (Å²) in [5.41, 5.74) is 5.39. The molecule has 6 atom stereocenters. The largest absolute Gasteiger partial charge is 0.480 e. The Labute approximate surface area is 154 Å². The van der Waals surface area contributed by atoms with E-state index in [1.807, 2.05) is 10.6 Å². The number of hydrogen-bond acceptors (Lipinski definition) is 9. The zero-order chi connectivity index (χ0) is 21.3. The van der Waals surface area contributed by atoms with Gasteiger partial charge in [-0.2, -0.15) is 0 Å². The lowest BCUT2D eigenvalue weighted by molar-refractivity contribution is -0.145. The van der Waals surface area contributed by atoms with Crippen LogP contribution in [0.3, 0.4) is 0 Å². The Hall–Kier alpha value is -2.32. The van der Waals surface area contributed by atoms with E-state index < -0.39 is 73.3 Å². The molecule has 156 valence electrons. The van der Waals surface area contributed by atoms with Crippen LogP contribution in [0.1, 0.15) is 13.8 Å². The molecule has 27 heavy (non-hydrogen) atoms. The topological polar surface area (TPSA) is 232 Å². The van der Waals surface area contributed by atoms with Gasteiger partial charge in [-0.25, -0.2) is 4.79 Å². The molecule has 0 radical (unpaired) electrons. The fraction of sp³-hybridized carbons (Fsp3) is 0.714. The van der Waals surface area contributed by atoms with E-state index in [1.54, 1.807) is 0 Å². The predicted octanol–water partition coefficient (Wildman–Crippen LogP) is -5.40. The first-order valence-corrected chi connectivity index (χ1v) is 7.93. The number of nitrogens with two attached hydrogens (primary N) is 1. The summed E-state index contributed by atoms with van der Waals surface area (Å²) in [6.07, 6.45) is -2.68. The van der Waals surface area contributed by atoms with E-state index in [-0.39, 0.29) is 0 Å². The average Bonchev–Trinajstić information content (AvgIpc) is 2.59. The van der Waals surface area contributed by atoms with Crippen LogP contribution < -0.4 is 21.7 Å². The van der Waals surface area contributed by atoms with Crippen LogP contribution in [0.15, 0.2) is 0 Å². The van der Waals surface area contributed by atoms with E-state index >= 15 is 0 Å². The second-order valence-corrected chi connectivity index (χ2v) is 5.82. The zero-order valence-electron chi connectivity index (χ0n) is 14.8. The highest BCUT2D eigenvalue weighted by atomic mass is 16.4. The van der Waals surface area contributed by atoms with Crippen molar-refractivity contribution in [1.29, 1.82) is 0 Å². The van der Waals surface area contributed by atoms with E-state index in [1.165, 1.54) is 6.92 Å². The summed E-state index contributed by atoms with van der Waals surface area (Å²) in [6, 6.07) is -6.21. The van der Waals surface area contributed by atoms with Crippen LogP contribution in [-0.2, 0) is 19.2 Å². The molecule has 0 spiro atoms. The second-order valence-electron chi connectivity index (χ2n) is 5.82. The maximum atomic E-state index is 12.1. The molecule has 0 aromatic rings. The quantitative estimate of drug-likeness (QED) is 0.161. The number of carbonyl (C=O) groups excluding carboxylic acids is 3. The Morgan fingerprint density at radius 3 is 1.56 bits per heavy atom. The molecule has 0 bridgehead atoms. The molecule has 0 aliphatic rings. The van der Waals surface area contributed by atoms with Crippen molar-refractivity contribution in [1.82, 2.24) is 16.0 Å². The number of aliphatic hydroxyl groups excluding tert-OH is 4. The third-order valence-corrected chi connectivity index (χ3v) is 3.50. The first-order chi connectivity index (χ1) is 12.5. The fourth-order valence-corrected chi connectivity index (χ4v) is 1.79. The molecule has 13 nitrogen and oxygen atoms in total. The summed E-state index contributed by atoms with van der Waals surface area (Å²) >= 11 is 0. The lowest BCUT2D eigenvalue weighted by atomic mass is 10.1. The third-order valence-electron chi connectivity index (χ3n) is 3.50. The molecule has 0 saturated carbocycles. The number of carboxylic acid groups (broad SMARTS) is 1. The molecule has 3 amide bonds. The van der Waals surface area contributed by atoms with Crippen molar-refractivity contribution in [3.63, 3.8) is 0 Å². The normalized spacial score (nSPS) is 17.6. The lowest BCUT2D eigenvalue weighted by Crippen LogP contribution is -2.60. The maximum Gasteiger partial charge on any atom is 0.328 e. The minimum absolute atomic E-state index is 0.880. The van der Waals surface area contributed by atoms with Gasteiger partial charge in [0, 0.05) is 0 Å². The van der Waals surface area contributed by atoms with Gasteiger partial charge in [0.25, 0.3) is 0 Å². The van der Waals surface area contributed by atoms with Crippen molar-refractivity contribution in [3.8, 4) is 0 Å². The van der Waals surface area contributed by atoms with Gasteiger partial charge in [-0.15, -0.1) is 0 Å². The van der Waals surface area contributed by atoms with Crippen molar-refractivity contribution >= 4 is 23.7 Å². The highest BCUT2D eigenvalue weighted by Gasteiger charge is 2.31. The molecule has 0 fully saturated rings. The molecule has 0 rings (SSSR count). The number of nitrogens with one attached hydrogen (secondary N) is 3. The number of aliphatic hydroxyl groups is 4. The van der Waals surface area contributed by atoms with E-state index in [2.05, 4.69) is 5.32 Å². The minimum atomic E-state index is -1.68. The SMILES string of the molecule is CC(O)C(N)C(=O)NC(CO)C(=O)NC(CO)C(=O)NC(C(=O)O)C(C)O. The van der Waals surface area contributed by atoms with Crippen LogP contribution in [0.4, 0.5) is 0 Å². The smallest absolute Gasteiger partial charge is 0.328 e. The van der Waals surface area contributed by atoms with Crippen LogP contribution in [0.25, 0.3) is 0 Å². The van der Waals surface area contributed by atoms with E-state index in [9.17, 15) is 39.6 Å². The van der Waals surface area contributed by atoms with Gasteiger partial charge in [0.2, 0.25) is 17.7 Å². The monoisotopic (exact) mass is 394 g/mol. The zero-order valence-corrected chi connectivity index (χ0v) is 14.8. The second kappa shape index (κ2) is 11.4. The molecule has 13 heteroatoms. The summed E-state index contributed by atoms with van der Waals surface area (Å²) in [4.78, 5) is 46.8. The summed E-state index contributed by atoms with van der Waals surface area (Å²) in [5, 5.41) is 52.0. The van der Waals surface area contributed by atoms with Crippen molar-refractivity contribution in [2.24, 2.45) is 5.73 Å². The lowest BCUT2D eigenvalue weighted by Gasteiger charge is -2.24. The first-order valence-electron chi connectivity index (χ1n) is 7.93. The van der Waals surface area contributed by atoms with E-state index in [0.717, 1.165) is 6.92 Å². The highest BCUT2D eigenvalue weighted by Crippen LogP contribution is 1.97. The third kappa shape index (κ3) is 7.84. The van der Waals surface area contributed by atoms with Crippen LogP contribution in [-0.4, -0.2) is 98.8 Å². The Bertz CT molecular complexity index is 541. The van der Waals surface area contributed by atoms with E-state index in [0.29, 0.717) is 0 Å². The predicted molar refractivity (Wildman–Crippen MR) is 88.9 cm³/mol. The Morgan fingerprint density at radius 2 is 1.22 bits per heavy atom. The first kappa shape index (κ1) is 24.7. The van der Waals surface area contributed by atoms with Gasteiger partial charge in [-0.3, -0.25) is 14.4 Å². The maximum absolute atomic E-state index is 12.1. The summed E-state index contributed by atoms with van der Waals surface area (Å²) in [7, 11) is 0. The molecule has 0 saturated heterocycles. The number of rotatable bonds is 11. The van der Waals surface area contributed by atoms with Crippen molar-refractivity contribution in [2.45, 2.75) is 50.2 Å². The van der Waals surface area contributed by atoms with Gasteiger partial charge in [0.05, 0.1) is 25.4 Å². The van der Waals surface area contributed by atoms with Crippen molar-refractivity contribution in [2.75, 3.05) is 13.2 Å². The molecule has 6 unspecified atom stereocenters. The molecule has 10 N–H and O–H groups in total. The van der Waals surface area contributed by atoms with Crippen molar-refractivity contribution < 1.29 is 44.7 Å². The Morgan fingerprint density at radius 1 is 0.815 bits per heavy atom.